The molecule has 98 valence electrons. The van der Waals surface area contributed by atoms with Crippen molar-refractivity contribution in [3.8, 4) is 0 Å². The maximum absolute atomic E-state index is 5.81. The third-order valence-corrected chi connectivity index (χ3v) is 2.92. The molecule has 0 atom stereocenters. The molecular weight excluding hydrogens is 214 g/mol. The summed E-state index contributed by atoms with van der Waals surface area (Å²) in [5, 5.41) is 4.62. The molecule has 0 fully saturated rings. The van der Waals surface area contributed by atoms with E-state index in [-0.39, 0.29) is 0 Å². The smallest absolute Gasteiger partial charge is 0.0669 e. The Balaban J connectivity index is 2.73. The summed E-state index contributed by atoms with van der Waals surface area (Å²) in [6.45, 7) is 9.37. The standard InChI is InChI=1S/C13H25N3O/c1-4-8-17-9-7-16-13(6-3)11(10-14)12(5-2)15-16/h4-10,14H2,1-3H3. The number of aryl methyl sites for hydroxylation is 1. The van der Waals surface area contributed by atoms with Crippen LogP contribution in [-0.4, -0.2) is 23.0 Å². The van der Waals surface area contributed by atoms with Crippen molar-refractivity contribution >= 4 is 0 Å². The first-order valence-corrected chi connectivity index (χ1v) is 6.63. The molecule has 1 heterocycles. The first kappa shape index (κ1) is 14.2. The van der Waals surface area contributed by atoms with Crippen molar-refractivity contribution in [2.75, 3.05) is 13.2 Å². The van der Waals surface area contributed by atoms with Gasteiger partial charge in [-0.3, -0.25) is 4.68 Å². The average Bonchev–Trinajstić information content (AvgIpc) is 2.71. The van der Waals surface area contributed by atoms with Crippen LogP contribution in [0.4, 0.5) is 0 Å². The largest absolute Gasteiger partial charge is 0.380 e. The highest BCUT2D eigenvalue weighted by Gasteiger charge is 2.13. The molecule has 1 rings (SSSR count). The van der Waals surface area contributed by atoms with Crippen LogP contribution in [0.3, 0.4) is 0 Å². The van der Waals surface area contributed by atoms with Crippen molar-refractivity contribution < 1.29 is 4.74 Å². The van der Waals surface area contributed by atoms with Gasteiger partial charge < -0.3 is 10.5 Å². The van der Waals surface area contributed by atoms with Crippen LogP contribution in [0.25, 0.3) is 0 Å². The van der Waals surface area contributed by atoms with Crippen molar-refractivity contribution in [3.05, 3.63) is 17.0 Å². The second-order valence-corrected chi connectivity index (χ2v) is 4.12. The molecule has 4 heteroatoms. The number of nitrogens with two attached hydrogens (primary N) is 1. The second-order valence-electron chi connectivity index (χ2n) is 4.12. The second kappa shape index (κ2) is 7.45. The van der Waals surface area contributed by atoms with Gasteiger partial charge in [0, 0.05) is 24.4 Å². The van der Waals surface area contributed by atoms with E-state index in [2.05, 4.69) is 30.6 Å². The minimum Gasteiger partial charge on any atom is -0.380 e. The number of ether oxygens (including phenoxy) is 1. The molecule has 0 saturated carbocycles. The molecule has 4 nitrogen and oxygen atoms in total. The maximum atomic E-state index is 5.81. The van der Waals surface area contributed by atoms with Crippen molar-refractivity contribution in [3.63, 3.8) is 0 Å². The quantitative estimate of drug-likeness (QED) is 0.705. The SMILES string of the molecule is CCCOCCn1nc(CC)c(CN)c1CC. The molecule has 17 heavy (non-hydrogen) atoms. The van der Waals surface area contributed by atoms with Gasteiger partial charge in [0.25, 0.3) is 0 Å². The summed E-state index contributed by atoms with van der Waals surface area (Å²) in [4.78, 5) is 0. The lowest BCUT2D eigenvalue weighted by molar-refractivity contribution is 0.123. The fourth-order valence-corrected chi connectivity index (χ4v) is 2.09. The number of nitrogens with zero attached hydrogens (tertiary/aromatic N) is 2. The fraction of sp³-hybridized carbons (Fsp3) is 0.769. The van der Waals surface area contributed by atoms with Gasteiger partial charge in [0.15, 0.2) is 0 Å². The lowest BCUT2D eigenvalue weighted by atomic mass is 10.1. The Labute approximate surface area is 104 Å². The first-order valence-electron chi connectivity index (χ1n) is 6.63. The Kier molecular flexibility index (Phi) is 6.22. The van der Waals surface area contributed by atoms with Crippen LogP contribution in [0.5, 0.6) is 0 Å². The molecule has 0 spiro atoms. The highest BCUT2D eigenvalue weighted by atomic mass is 16.5. The van der Waals surface area contributed by atoms with Gasteiger partial charge in [-0.1, -0.05) is 20.8 Å². The lowest BCUT2D eigenvalue weighted by Gasteiger charge is -2.07. The van der Waals surface area contributed by atoms with Crippen molar-refractivity contribution in [1.82, 2.24) is 9.78 Å². The minimum atomic E-state index is 0.585. The molecule has 0 amide bonds. The third kappa shape index (κ3) is 3.54. The van der Waals surface area contributed by atoms with E-state index >= 15 is 0 Å². The summed E-state index contributed by atoms with van der Waals surface area (Å²) in [7, 11) is 0. The van der Waals surface area contributed by atoms with Gasteiger partial charge in [-0.05, 0) is 19.3 Å². The van der Waals surface area contributed by atoms with Gasteiger partial charge >= 0.3 is 0 Å². The van der Waals surface area contributed by atoms with Crippen LogP contribution < -0.4 is 5.73 Å². The molecule has 0 aliphatic heterocycles. The van der Waals surface area contributed by atoms with Gasteiger partial charge in [-0.15, -0.1) is 0 Å². The number of hydrogen-bond donors (Lipinski definition) is 1. The van der Waals surface area contributed by atoms with Crippen LogP contribution in [0.1, 0.15) is 44.1 Å². The normalized spacial score (nSPS) is 11.1. The number of rotatable bonds is 8. The molecule has 0 radical (unpaired) electrons. The van der Waals surface area contributed by atoms with Crippen LogP contribution in [0, 0.1) is 0 Å². The first-order chi connectivity index (χ1) is 8.28. The Morgan fingerprint density at radius 1 is 1.18 bits per heavy atom. The lowest BCUT2D eigenvalue weighted by Crippen LogP contribution is -2.11. The molecule has 0 saturated heterocycles. The van der Waals surface area contributed by atoms with Gasteiger partial charge in [-0.2, -0.15) is 5.10 Å². The molecule has 0 aliphatic rings. The van der Waals surface area contributed by atoms with Crippen molar-refractivity contribution in [1.29, 1.82) is 0 Å². The summed E-state index contributed by atoms with van der Waals surface area (Å²) in [5.41, 5.74) is 9.44. The molecule has 1 aromatic heterocycles. The molecular formula is C13H25N3O. The minimum absolute atomic E-state index is 0.585. The topological polar surface area (TPSA) is 53.1 Å². The summed E-state index contributed by atoms with van der Waals surface area (Å²) in [6, 6.07) is 0. The van der Waals surface area contributed by atoms with Crippen LogP contribution in [0.15, 0.2) is 0 Å². The van der Waals surface area contributed by atoms with E-state index in [1.54, 1.807) is 0 Å². The Bertz CT molecular complexity index is 334. The summed E-state index contributed by atoms with van der Waals surface area (Å²) in [5.74, 6) is 0. The average molecular weight is 239 g/mol. The zero-order valence-electron chi connectivity index (χ0n) is 11.3. The third-order valence-electron chi connectivity index (χ3n) is 2.92. The summed E-state index contributed by atoms with van der Waals surface area (Å²) < 4.78 is 7.58. The van der Waals surface area contributed by atoms with Crippen LogP contribution in [-0.2, 0) is 30.7 Å². The zero-order valence-corrected chi connectivity index (χ0v) is 11.3. The van der Waals surface area contributed by atoms with Gasteiger partial charge in [0.2, 0.25) is 0 Å². The van der Waals surface area contributed by atoms with Crippen LogP contribution in [0.2, 0.25) is 0 Å². The molecule has 0 aromatic carbocycles. The Morgan fingerprint density at radius 2 is 1.94 bits per heavy atom. The van der Waals surface area contributed by atoms with E-state index in [1.807, 2.05) is 0 Å². The highest BCUT2D eigenvalue weighted by Crippen LogP contribution is 2.15. The predicted molar refractivity (Wildman–Crippen MR) is 70.0 cm³/mol. The van der Waals surface area contributed by atoms with E-state index in [0.29, 0.717) is 6.54 Å². The fourth-order valence-electron chi connectivity index (χ4n) is 2.09. The molecule has 0 bridgehead atoms. The monoisotopic (exact) mass is 239 g/mol. The van der Waals surface area contributed by atoms with Crippen LogP contribution >= 0.6 is 0 Å². The van der Waals surface area contributed by atoms with E-state index in [0.717, 1.165) is 44.7 Å². The van der Waals surface area contributed by atoms with Gasteiger partial charge in [0.1, 0.15) is 0 Å². The van der Waals surface area contributed by atoms with Gasteiger partial charge in [-0.25, -0.2) is 0 Å². The maximum Gasteiger partial charge on any atom is 0.0669 e. The zero-order chi connectivity index (χ0) is 12.7. The Morgan fingerprint density at radius 3 is 2.47 bits per heavy atom. The number of hydrogen-bond acceptors (Lipinski definition) is 3. The molecule has 0 aliphatic carbocycles. The summed E-state index contributed by atoms with van der Waals surface area (Å²) in [6.07, 6.45) is 2.99. The molecule has 2 N–H and O–H groups in total. The molecule has 0 unspecified atom stereocenters. The van der Waals surface area contributed by atoms with Crippen molar-refractivity contribution in [2.45, 2.75) is 53.1 Å². The molecule has 1 aromatic rings. The van der Waals surface area contributed by atoms with Crippen molar-refractivity contribution in [2.24, 2.45) is 5.73 Å². The summed E-state index contributed by atoms with van der Waals surface area (Å²) >= 11 is 0. The van der Waals surface area contributed by atoms with E-state index < -0.39 is 0 Å². The van der Waals surface area contributed by atoms with E-state index in [1.165, 1.54) is 11.3 Å². The van der Waals surface area contributed by atoms with E-state index in [4.69, 9.17) is 10.5 Å². The number of aromatic nitrogens is 2. The highest BCUT2D eigenvalue weighted by molar-refractivity contribution is 5.26. The Hall–Kier alpha value is -0.870. The van der Waals surface area contributed by atoms with E-state index in [9.17, 15) is 0 Å². The van der Waals surface area contributed by atoms with Gasteiger partial charge in [0.05, 0.1) is 18.8 Å². The predicted octanol–water partition coefficient (Wildman–Crippen LogP) is 1.89.